The van der Waals surface area contributed by atoms with Gasteiger partial charge in [-0.1, -0.05) is 30.3 Å². The van der Waals surface area contributed by atoms with Crippen molar-refractivity contribution >= 4 is 11.8 Å². The first-order chi connectivity index (χ1) is 14.0. The quantitative estimate of drug-likeness (QED) is 0.776. The summed E-state index contributed by atoms with van der Waals surface area (Å²) in [6, 6.07) is 12.0. The predicted octanol–water partition coefficient (Wildman–Crippen LogP) is 2.04. The number of hydrogen-bond acceptors (Lipinski definition) is 4. The van der Waals surface area contributed by atoms with Crippen molar-refractivity contribution in [2.45, 2.75) is 19.4 Å². The van der Waals surface area contributed by atoms with Crippen LogP contribution in [0.25, 0.3) is 0 Å². The van der Waals surface area contributed by atoms with Gasteiger partial charge in [-0.2, -0.15) is 5.10 Å². The van der Waals surface area contributed by atoms with Crippen LogP contribution in [0.15, 0.2) is 36.4 Å². The molecule has 2 aromatic rings. The Morgan fingerprint density at radius 2 is 1.93 bits per heavy atom. The molecule has 3 heterocycles. The maximum absolute atomic E-state index is 13.0. The first-order valence-electron chi connectivity index (χ1n) is 10.1. The van der Waals surface area contributed by atoms with Crippen LogP contribution in [0.1, 0.15) is 34.2 Å². The number of carbonyl (C=O) groups is 2. The average Bonchev–Trinajstić information content (AvgIpc) is 3.39. The second-order valence-corrected chi connectivity index (χ2v) is 8.07. The van der Waals surface area contributed by atoms with Crippen LogP contribution in [0, 0.1) is 18.8 Å². The number of nitrogens with zero attached hydrogens (tertiary/aromatic N) is 4. The molecule has 29 heavy (non-hydrogen) atoms. The molecule has 0 saturated carbocycles. The maximum atomic E-state index is 13.0. The predicted molar refractivity (Wildman–Crippen MR) is 108 cm³/mol. The normalized spacial score (nSPS) is 23.5. The molecule has 0 spiro atoms. The van der Waals surface area contributed by atoms with Crippen LogP contribution in [0.2, 0.25) is 0 Å². The summed E-state index contributed by atoms with van der Waals surface area (Å²) < 4.78 is 6.84. The third-order valence-corrected chi connectivity index (χ3v) is 6.27. The number of ether oxygens (including phenoxy) is 1. The van der Waals surface area contributed by atoms with Gasteiger partial charge in [0.05, 0.1) is 19.1 Å². The van der Waals surface area contributed by atoms with Crippen LogP contribution in [-0.4, -0.2) is 64.7 Å². The number of amides is 2. The number of carbonyl (C=O) groups excluding carboxylic acids is 2. The van der Waals surface area contributed by atoms with E-state index in [-0.39, 0.29) is 29.7 Å². The highest BCUT2D eigenvalue weighted by molar-refractivity contribution is 5.92. The molecule has 0 N–H and O–H groups in total. The van der Waals surface area contributed by atoms with Crippen molar-refractivity contribution in [2.75, 3.05) is 33.4 Å². The number of hydrogen-bond donors (Lipinski definition) is 0. The van der Waals surface area contributed by atoms with Gasteiger partial charge in [0.1, 0.15) is 0 Å². The van der Waals surface area contributed by atoms with Crippen molar-refractivity contribution < 1.29 is 14.3 Å². The van der Waals surface area contributed by atoms with Gasteiger partial charge in [-0.25, -0.2) is 0 Å². The molecule has 0 radical (unpaired) electrons. The van der Waals surface area contributed by atoms with E-state index in [4.69, 9.17) is 4.74 Å². The molecule has 2 aliphatic rings. The van der Waals surface area contributed by atoms with Crippen LogP contribution in [0.3, 0.4) is 0 Å². The van der Waals surface area contributed by atoms with E-state index in [1.165, 1.54) is 0 Å². The van der Waals surface area contributed by atoms with Crippen molar-refractivity contribution in [3.05, 3.63) is 53.3 Å². The minimum atomic E-state index is -0.0211. The van der Waals surface area contributed by atoms with Crippen molar-refractivity contribution in [2.24, 2.45) is 18.9 Å². The SMILES string of the molecule is COCCC(=O)N1C[C@@H]2CN(C(=O)c3cc(C)n(C)n3)C[C@@H]2[C@H]1c1ccccc1. The number of fused-ring (bicyclic) bond motifs is 1. The summed E-state index contributed by atoms with van der Waals surface area (Å²) in [4.78, 5) is 29.7. The zero-order valence-corrected chi connectivity index (χ0v) is 17.2. The minimum Gasteiger partial charge on any atom is -0.384 e. The Labute approximate surface area is 171 Å². The number of likely N-dealkylation sites (tertiary alicyclic amines) is 2. The lowest BCUT2D eigenvalue weighted by molar-refractivity contribution is -0.133. The second kappa shape index (κ2) is 7.99. The molecular formula is C22H28N4O3. The summed E-state index contributed by atoms with van der Waals surface area (Å²) >= 11 is 0. The molecular weight excluding hydrogens is 368 g/mol. The summed E-state index contributed by atoms with van der Waals surface area (Å²) in [6.07, 6.45) is 0.384. The molecule has 0 aliphatic carbocycles. The molecule has 2 fully saturated rings. The molecule has 154 valence electrons. The summed E-state index contributed by atoms with van der Waals surface area (Å²) in [7, 11) is 3.46. The topological polar surface area (TPSA) is 67.7 Å². The molecule has 0 bridgehead atoms. The van der Waals surface area contributed by atoms with Crippen LogP contribution in [0.5, 0.6) is 0 Å². The van der Waals surface area contributed by atoms with Gasteiger partial charge in [-0.15, -0.1) is 0 Å². The summed E-state index contributed by atoms with van der Waals surface area (Å²) in [5, 5.41) is 4.35. The molecule has 2 aliphatic heterocycles. The summed E-state index contributed by atoms with van der Waals surface area (Å²) in [6.45, 7) is 4.36. The fourth-order valence-electron chi connectivity index (χ4n) is 4.70. The van der Waals surface area contributed by atoms with E-state index in [1.54, 1.807) is 11.8 Å². The van der Waals surface area contributed by atoms with Crippen LogP contribution < -0.4 is 0 Å². The molecule has 7 heteroatoms. The highest BCUT2D eigenvalue weighted by atomic mass is 16.5. The van der Waals surface area contributed by atoms with E-state index >= 15 is 0 Å². The van der Waals surface area contributed by atoms with Gasteiger partial charge in [-0.05, 0) is 18.6 Å². The third kappa shape index (κ3) is 3.67. The first-order valence-corrected chi connectivity index (χ1v) is 10.1. The lowest BCUT2D eigenvalue weighted by Crippen LogP contribution is -2.37. The van der Waals surface area contributed by atoms with E-state index in [2.05, 4.69) is 17.2 Å². The minimum absolute atomic E-state index is 0.00572. The fourth-order valence-corrected chi connectivity index (χ4v) is 4.70. The van der Waals surface area contributed by atoms with Gasteiger partial charge in [-0.3, -0.25) is 14.3 Å². The molecule has 2 amide bonds. The Hall–Kier alpha value is -2.67. The second-order valence-electron chi connectivity index (χ2n) is 8.07. The van der Waals surface area contributed by atoms with Gasteiger partial charge in [0.25, 0.3) is 5.91 Å². The smallest absolute Gasteiger partial charge is 0.274 e. The fraction of sp³-hybridized carbons (Fsp3) is 0.500. The lowest BCUT2D eigenvalue weighted by Gasteiger charge is -2.30. The zero-order valence-electron chi connectivity index (χ0n) is 17.2. The van der Waals surface area contributed by atoms with Crippen molar-refractivity contribution in [3.63, 3.8) is 0 Å². The van der Waals surface area contributed by atoms with Crippen LogP contribution in [0.4, 0.5) is 0 Å². The largest absolute Gasteiger partial charge is 0.384 e. The van der Waals surface area contributed by atoms with Gasteiger partial charge in [0.2, 0.25) is 5.91 Å². The molecule has 7 nitrogen and oxygen atoms in total. The van der Waals surface area contributed by atoms with Gasteiger partial charge < -0.3 is 14.5 Å². The Bertz CT molecular complexity index is 875. The van der Waals surface area contributed by atoms with Crippen LogP contribution >= 0.6 is 0 Å². The highest BCUT2D eigenvalue weighted by Crippen LogP contribution is 2.45. The lowest BCUT2D eigenvalue weighted by atomic mass is 9.89. The average molecular weight is 396 g/mol. The summed E-state index contributed by atoms with van der Waals surface area (Å²) in [5.41, 5.74) is 2.59. The van der Waals surface area contributed by atoms with Crippen molar-refractivity contribution in [3.8, 4) is 0 Å². The molecule has 2 saturated heterocycles. The number of rotatable bonds is 5. The van der Waals surface area contributed by atoms with E-state index in [0.29, 0.717) is 38.4 Å². The molecule has 1 aromatic heterocycles. The Morgan fingerprint density at radius 1 is 1.17 bits per heavy atom. The first kappa shape index (κ1) is 19.6. The van der Waals surface area contributed by atoms with E-state index < -0.39 is 0 Å². The number of aromatic nitrogens is 2. The Kier molecular flexibility index (Phi) is 5.41. The van der Waals surface area contributed by atoms with E-state index in [9.17, 15) is 9.59 Å². The van der Waals surface area contributed by atoms with Crippen LogP contribution in [-0.2, 0) is 16.6 Å². The zero-order chi connectivity index (χ0) is 20.5. The highest BCUT2D eigenvalue weighted by Gasteiger charge is 2.50. The maximum Gasteiger partial charge on any atom is 0.274 e. The number of aryl methyl sites for hydroxylation is 2. The summed E-state index contributed by atoms with van der Waals surface area (Å²) in [5.74, 6) is 0.610. The molecule has 1 aromatic carbocycles. The van der Waals surface area contributed by atoms with Gasteiger partial charge in [0.15, 0.2) is 5.69 Å². The van der Waals surface area contributed by atoms with E-state index in [1.807, 2.05) is 48.0 Å². The number of methoxy groups -OCH3 is 1. The monoisotopic (exact) mass is 396 g/mol. The van der Waals surface area contributed by atoms with Gasteiger partial charge in [0, 0.05) is 51.3 Å². The third-order valence-electron chi connectivity index (χ3n) is 6.27. The van der Waals surface area contributed by atoms with Crippen molar-refractivity contribution in [1.29, 1.82) is 0 Å². The standard InChI is InChI=1S/C22H28N4O3/c1-15-11-19(23-24(15)2)22(28)25-12-17-13-26(20(27)9-10-29-3)21(18(17)14-25)16-7-5-4-6-8-16/h4-8,11,17-18,21H,9-10,12-14H2,1-3H3/t17-,18-,21+/m0/s1. The molecule has 3 atom stereocenters. The van der Waals surface area contributed by atoms with E-state index in [0.717, 1.165) is 11.3 Å². The Morgan fingerprint density at radius 3 is 2.59 bits per heavy atom. The van der Waals surface area contributed by atoms with Crippen molar-refractivity contribution in [1.82, 2.24) is 19.6 Å². The Balaban J connectivity index is 1.56. The molecule has 4 rings (SSSR count). The molecule has 0 unspecified atom stereocenters. The van der Waals surface area contributed by atoms with Gasteiger partial charge >= 0.3 is 0 Å². The number of benzene rings is 1.